The molecule has 4 rings (SSSR count). The van der Waals surface area contributed by atoms with Crippen LogP contribution in [0, 0.1) is 46.3 Å². The number of ether oxygens (including phenoxy) is 1. The average Bonchev–Trinajstić information content (AvgIpc) is 3.05. The van der Waals surface area contributed by atoms with Gasteiger partial charge in [0.15, 0.2) is 0 Å². The molecule has 0 aromatic carbocycles. The maximum Gasteiger partial charge on any atom is 0.0762 e. The normalized spacial score (nSPS) is 43.4. The molecule has 0 bridgehead atoms. The summed E-state index contributed by atoms with van der Waals surface area (Å²) < 4.78 is 6.22. The Morgan fingerprint density at radius 1 is 0.903 bits per heavy atom. The van der Waals surface area contributed by atoms with Gasteiger partial charge in [0.05, 0.1) is 12.2 Å². The van der Waals surface area contributed by atoms with Gasteiger partial charge in [0, 0.05) is 0 Å². The van der Waals surface area contributed by atoms with Crippen molar-refractivity contribution in [3.8, 4) is 0 Å². The predicted molar refractivity (Wildman–Crippen MR) is 133 cm³/mol. The van der Waals surface area contributed by atoms with Crippen LogP contribution in [0.3, 0.4) is 0 Å². The van der Waals surface area contributed by atoms with Crippen LogP contribution in [0.5, 0.6) is 0 Å². The summed E-state index contributed by atoms with van der Waals surface area (Å²) in [4.78, 5) is 0. The topological polar surface area (TPSA) is 9.23 Å². The molecule has 0 radical (unpaired) electrons. The molecule has 0 N–H and O–H groups in total. The first-order valence-corrected chi connectivity index (χ1v) is 14.0. The van der Waals surface area contributed by atoms with Crippen molar-refractivity contribution in [1.29, 1.82) is 0 Å². The van der Waals surface area contributed by atoms with Crippen molar-refractivity contribution < 1.29 is 4.74 Å². The molecule has 0 amide bonds. The lowest BCUT2D eigenvalue weighted by Gasteiger charge is -2.59. The molecule has 3 saturated carbocycles. The molecule has 0 aliphatic heterocycles. The summed E-state index contributed by atoms with van der Waals surface area (Å²) in [6.45, 7) is 17.1. The van der Waals surface area contributed by atoms with Crippen molar-refractivity contribution in [2.45, 2.75) is 131 Å². The zero-order valence-electron chi connectivity index (χ0n) is 21.9. The van der Waals surface area contributed by atoms with Gasteiger partial charge in [0.2, 0.25) is 0 Å². The summed E-state index contributed by atoms with van der Waals surface area (Å²) in [7, 11) is 0. The SMILES string of the molecule is CC(C)CCCC(C)[C@H]1CCC2C3CCC4=CC(OC(C)C)CC[C@]4(C)C3CC[C@@]21C. The second kappa shape index (κ2) is 9.15. The van der Waals surface area contributed by atoms with Crippen LogP contribution >= 0.6 is 0 Å². The number of rotatable bonds is 7. The molecular formula is C30H52O. The van der Waals surface area contributed by atoms with E-state index in [1.54, 1.807) is 5.57 Å². The van der Waals surface area contributed by atoms with Crippen LogP contribution in [-0.2, 0) is 4.74 Å². The maximum atomic E-state index is 6.22. The number of hydrogen-bond acceptors (Lipinski definition) is 1. The van der Waals surface area contributed by atoms with Gasteiger partial charge in [-0.3, -0.25) is 0 Å². The van der Waals surface area contributed by atoms with E-state index in [-0.39, 0.29) is 0 Å². The third kappa shape index (κ3) is 4.43. The van der Waals surface area contributed by atoms with Gasteiger partial charge in [-0.25, -0.2) is 0 Å². The van der Waals surface area contributed by atoms with Gasteiger partial charge in [0.25, 0.3) is 0 Å². The van der Waals surface area contributed by atoms with Gasteiger partial charge in [-0.2, -0.15) is 0 Å². The van der Waals surface area contributed by atoms with Crippen LogP contribution in [0.2, 0.25) is 0 Å². The van der Waals surface area contributed by atoms with Crippen molar-refractivity contribution in [2.75, 3.05) is 0 Å². The lowest BCUT2D eigenvalue weighted by atomic mass is 9.46. The second-order valence-electron chi connectivity index (χ2n) is 13.3. The van der Waals surface area contributed by atoms with Gasteiger partial charge in [-0.05, 0) is 112 Å². The van der Waals surface area contributed by atoms with E-state index >= 15 is 0 Å². The van der Waals surface area contributed by atoms with E-state index in [0.717, 1.165) is 35.5 Å². The summed E-state index contributed by atoms with van der Waals surface area (Å²) in [6, 6.07) is 0. The van der Waals surface area contributed by atoms with E-state index in [0.29, 0.717) is 23.0 Å². The first-order valence-electron chi connectivity index (χ1n) is 14.0. The smallest absolute Gasteiger partial charge is 0.0762 e. The molecule has 1 nitrogen and oxygen atoms in total. The van der Waals surface area contributed by atoms with Crippen LogP contribution in [0.15, 0.2) is 11.6 Å². The average molecular weight is 429 g/mol. The van der Waals surface area contributed by atoms with Crippen molar-refractivity contribution in [3.63, 3.8) is 0 Å². The summed E-state index contributed by atoms with van der Waals surface area (Å²) >= 11 is 0. The van der Waals surface area contributed by atoms with Crippen molar-refractivity contribution in [3.05, 3.63) is 11.6 Å². The fraction of sp³-hybridized carbons (Fsp3) is 0.933. The minimum Gasteiger partial charge on any atom is -0.371 e. The molecule has 0 aromatic heterocycles. The van der Waals surface area contributed by atoms with Crippen LogP contribution < -0.4 is 0 Å². The highest BCUT2D eigenvalue weighted by molar-refractivity contribution is 5.25. The highest BCUT2D eigenvalue weighted by Crippen LogP contribution is 2.67. The van der Waals surface area contributed by atoms with E-state index in [1.807, 2.05) is 0 Å². The highest BCUT2D eigenvalue weighted by atomic mass is 16.5. The van der Waals surface area contributed by atoms with E-state index in [9.17, 15) is 0 Å². The Balaban J connectivity index is 1.46. The summed E-state index contributed by atoms with van der Waals surface area (Å²) in [5.74, 6) is 5.67. The maximum absolute atomic E-state index is 6.22. The third-order valence-corrected chi connectivity index (χ3v) is 10.7. The first kappa shape index (κ1) is 23.8. The van der Waals surface area contributed by atoms with E-state index < -0.39 is 0 Å². The Labute approximate surface area is 194 Å². The molecule has 8 atom stereocenters. The predicted octanol–water partition coefficient (Wildman–Crippen LogP) is 8.82. The fourth-order valence-corrected chi connectivity index (χ4v) is 9.18. The molecule has 0 heterocycles. The second-order valence-corrected chi connectivity index (χ2v) is 13.3. The molecule has 4 aliphatic rings. The molecule has 178 valence electrons. The summed E-state index contributed by atoms with van der Waals surface area (Å²) in [6.07, 6.45) is 19.0. The zero-order valence-corrected chi connectivity index (χ0v) is 21.9. The Kier molecular flexibility index (Phi) is 7.04. The zero-order chi connectivity index (χ0) is 22.4. The van der Waals surface area contributed by atoms with Crippen molar-refractivity contribution >= 4 is 0 Å². The molecular weight excluding hydrogens is 376 g/mol. The molecule has 0 spiro atoms. The largest absolute Gasteiger partial charge is 0.371 e. The Morgan fingerprint density at radius 3 is 2.39 bits per heavy atom. The highest BCUT2D eigenvalue weighted by Gasteiger charge is 2.59. The standard InChI is InChI=1S/C30H52O/c1-20(2)9-8-10-22(5)26-13-14-27-25-12-11-23-19-24(31-21(3)4)15-17-29(23,6)28(25)16-18-30(26,27)7/h19-22,24-28H,8-18H2,1-7H3/t22?,24?,25?,26-,27?,28?,29+,30-/m1/s1. The molecule has 4 aliphatic carbocycles. The minimum absolute atomic E-state index is 0.343. The van der Waals surface area contributed by atoms with E-state index in [1.165, 1.54) is 70.6 Å². The number of fused-ring (bicyclic) bond motifs is 5. The summed E-state index contributed by atoms with van der Waals surface area (Å²) in [5, 5.41) is 0. The molecule has 0 saturated heterocycles. The molecule has 3 fully saturated rings. The van der Waals surface area contributed by atoms with Crippen LogP contribution in [0.1, 0.15) is 119 Å². The molecule has 31 heavy (non-hydrogen) atoms. The fourth-order valence-electron chi connectivity index (χ4n) is 9.18. The van der Waals surface area contributed by atoms with Crippen LogP contribution in [-0.4, -0.2) is 12.2 Å². The monoisotopic (exact) mass is 428 g/mol. The minimum atomic E-state index is 0.343. The van der Waals surface area contributed by atoms with Gasteiger partial charge in [-0.15, -0.1) is 0 Å². The Bertz CT molecular complexity index is 647. The number of hydrogen-bond donors (Lipinski definition) is 0. The third-order valence-electron chi connectivity index (χ3n) is 10.7. The van der Waals surface area contributed by atoms with Gasteiger partial charge in [0.1, 0.15) is 0 Å². The lowest BCUT2D eigenvalue weighted by Crippen LogP contribution is -2.51. The molecule has 0 aromatic rings. The lowest BCUT2D eigenvalue weighted by molar-refractivity contribution is -0.0679. The van der Waals surface area contributed by atoms with E-state index in [4.69, 9.17) is 4.74 Å². The van der Waals surface area contributed by atoms with Crippen molar-refractivity contribution in [2.24, 2.45) is 46.3 Å². The van der Waals surface area contributed by atoms with Crippen molar-refractivity contribution in [1.82, 2.24) is 0 Å². The van der Waals surface area contributed by atoms with Gasteiger partial charge < -0.3 is 4.74 Å². The summed E-state index contributed by atoms with van der Waals surface area (Å²) in [5.41, 5.74) is 2.85. The van der Waals surface area contributed by atoms with Gasteiger partial charge in [-0.1, -0.05) is 65.5 Å². The first-order chi connectivity index (χ1) is 14.6. The van der Waals surface area contributed by atoms with Crippen LogP contribution in [0.4, 0.5) is 0 Å². The van der Waals surface area contributed by atoms with E-state index in [2.05, 4.69) is 54.5 Å². The number of allylic oxidation sites excluding steroid dienone is 1. The van der Waals surface area contributed by atoms with Crippen LogP contribution in [0.25, 0.3) is 0 Å². The Hall–Kier alpha value is -0.300. The molecule has 1 heteroatoms. The Morgan fingerprint density at radius 2 is 1.68 bits per heavy atom. The molecule has 5 unspecified atom stereocenters. The quantitative estimate of drug-likeness (QED) is 0.368. The van der Waals surface area contributed by atoms with Gasteiger partial charge >= 0.3 is 0 Å².